The Morgan fingerprint density at radius 3 is 2.50 bits per heavy atom. The van der Waals surface area contributed by atoms with E-state index in [1.165, 1.54) is 6.92 Å². The van der Waals surface area contributed by atoms with Crippen molar-refractivity contribution in [1.82, 2.24) is 15.0 Å². The molecule has 0 saturated heterocycles. The van der Waals surface area contributed by atoms with Gasteiger partial charge in [0.15, 0.2) is 17.3 Å². The lowest BCUT2D eigenvalue weighted by atomic mass is 10.1. The van der Waals surface area contributed by atoms with E-state index in [1.807, 2.05) is 36.4 Å². The zero-order chi connectivity index (χ0) is 17.1. The van der Waals surface area contributed by atoms with Crippen molar-refractivity contribution in [2.45, 2.75) is 6.92 Å². The maximum atomic E-state index is 11.8. The molecule has 0 unspecified atom stereocenters. The first-order valence-corrected chi connectivity index (χ1v) is 7.39. The molecule has 0 radical (unpaired) electrons. The summed E-state index contributed by atoms with van der Waals surface area (Å²) in [5, 5.41) is 8.35. The SMILES string of the molecule is COc1ccc(-c2cn(-c3ccccc3C(C)=O)nn2)cc1OC. The Labute approximate surface area is 139 Å². The molecule has 0 bridgehead atoms. The van der Waals surface area contributed by atoms with Crippen molar-refractivity contribution < 1.29 is 14.3 Å². The van der Waals surface area contributed by atoms with E-state index in [1.54, 1.807) is 31.2 Å². The van der Waals surface area contributed by atoms with Crippen LogP contribution in [0, 0.1) is 0 Å². The Bertz CT molecular complexity index is 887. The number of hydrogen-bond donors (Lipinski definition) is 0. The van der Waals surface area contributed by atoms with Gasteiger partial charge in [0.1, 0.15) is 5.69 Å². The van der Waals surface area contributed by atoms with E-state index in [2.05, 4.69) is 10.3 Å². The molecule has 0 N–H and O–H groups in total. The van der Waals surface area contributed by atoms with E-state index in [0.29, 0.717) is 28.4 Å². The summed E-state index contributed by atoms with van der Waals surface area (Å²) in [4.78, 5) is 11.8. The number of nitrogens with zero attached hydrogens (tertiary/aromatic N) is 3. The number of carbonyl (C=O) groups excluding carboxylic acids is 1. The van der Waals surface area contributed by atoms with Crippen molar-refractivity contribution in [2.75, 3.05) is 14.2 Å². The number of rotatable bonds is 5. The Kier molecular flexibility index (Phi) is 4.29. The number of Topliss-reactive ketones (excluding diaryl/α,β-unsaturated/α-hetero) is 1. The molecule has 0 amide bonds. The van der Waals surface area contributed by atoms with Crippen LogP contribution in [-0.4, -0.2) is 35.0 Å². The van der Waals surface area contributed by atoms with Crippen LogP contribution >= 0.6 is 0 Å². The van der Waals surface area contributed by atoms with E-state index < -0.39 is 0 Å². The summed E-state index contributed by atoms with van der Waals surface area (Å²) in [7, 11) is 3.17. The standard InChI is InChI=1S/C18H17N3O3/c1-12(22)14-6-4-5-7-16(14)21-11-15(19-20-21)13-8-9-17(23-2)18(10-13)24-3/h4-11H,1-3H3. The first-order valence-electron chi connectivity index (χ1n) is 7.39. The van der Waals surface area contributed by atoms with Gasteiger partial charge in [0.2, 0.25) is 0 Å². The van der Waals surface area contributed by atoms with E-state index in [4.69, 9.17) is 9.47 Å². The van der Waals surface area contributed by atoms with Crippen molar-refractivity contribution in [1.29, 1.82) is 0 Å². The van der Waals surface area contributed by atoms with Gasteiger partial charge in [-0.2, -0.15) is 0 Å². The molecular weight excluding hydrogens is 306 g/mol. The van der Waals surface area contributed by atoms with E-state index >= 15 is 0 Å². The maximum Gasteiger partial charge on any atom is 0.161 e. The second kappa shape index (κ2) is 6.54. The average Bonchev–Trinajstić information content (AvgIpc) is 3.11. The van der Waals surface area contributed by atoms with Crippen LogP contribution in [-0.2, 0) is 0 Å². The Balaban J connectivity index is 2.02. The van der Waals surface area contributed by atoms with Gasteiger partial charge < -0.3 is 9.47 Å². The summed E-state index contributed by atoms with van der Waals surface area (Å²) in [5.41, 5.74) is 2.82. The summed E-state index contributed by atoms with van der Waals surface area (Å²) in [5.74, 6) is 1.25. The lowest BCUT2D eigenvalue weighted by Crippen LogP contribution is -2.03. The highest BCUT2D eigenvalue weighted by atomic mass is 16.5. The van der Waals surface area contributed by atoms with Crippen molar-refractivity contribution in [3.63, 3.8) is 0 Å². The minimum atomic E-state index is -0.0197. The van der Waals surface area contributed by atoms with Crippen LogP contribution < -0.4 is 9.47 Å². The van der Waals surface area contributed by atoms with Gasteiger partial charge >= 0.3 is 0 Å². The molecule has 0 aliphatic carbocycles. The molecule has 0 aliphatic rings. The van der Waals surface area contributed by atoms with Crippen molar-refractivity contribution in [3.8, 4) is 28.4 Å². The Morgan fingerprint density at radius 2 is 1.79 bits per heavy atom. The first-order chi connectivity index (χ1) is 11.6. The minimum Gasteiger partial charge on any atom is -0.493 e. The molecule has 0 atom stereocenters. The summed E-state index contributed by atoms with van der Waals surface area (Å²) >= 11 is 0. The van der Waals surface area contributed by atoms with E-state index in [0.717, 1.165) is 5.56 Å². The molecule has 1 heterocycles. The molecule has 122 valence electrons. The van der Waals surface area contributed by atoms with Crippen LogP contribution in [0.1, 0.15) is 17.3 Å². The highest BCUT2D eigenvalue weighted by Crippen LogP contribution is 2.31. The van der Waals surface area contributed by atoms with Gasteiger partial charge in [0, 0.05) is 11.1 Å². The summed E-state index contributed by atoms with van der Waals surface area (Å²) < 4.78 is 12.2. The van der Waals surface area contributed by atoms with Crippen LogP contribution in [0.5, 0.6) is 11.5 Å². The third-order valence-electron chi connectivity index (χ3n) is 3.70. The molecule has 6 nitrogen and oxygen atoms in total. The van der Waals surface area contributed by atoms with Gasteiger partial charge in [-0.15, -0.1) is 5.10 Å². The van der Waals surface area contributed by atoms with Crippen molar-refractivity contribution in [3.05, 3.63) is 54.2 Å². The average molecular weight is 323 g/mol. The minimum absolute atomic E-state index is 0.0197. The van der Waals surface area contributed by atoms with Gasteiger partial charge in [-0.3, -0.25) is 4.79 Å². The Morgan fingerprint density at radius 1 is 1.04 bits per heavy atom. The maximum absolute atomic E-state index is 11.8. The number of ether oxygens (including phenoxy) is 2. The number of hydrogen-bond acceptors (Lipinski definition) is 5. The molecule has 0 saturated carbocycles. The monoisotopic (exact) mass is 323 g/mol. The third kappa shape index (κ3) is 2.86. The number of aromatic nitrogens is 3. The molecule has 3 rings (SSSR count). The van der Waals surface area contributed by atoms with Crippen LogP contribution in [0.25, 0.3) is 16.9 Å². The van der Waals surface area contributed by atoms with E-state index in [-0.39, 0.29) is 5.78 Å². The topological polar surface area (TPSA) is 66.2 Å². The van der Waals surface area contributed by atoms with Crippen LogP contribution in [0.15, 0.2) is 48.7 Å². The number of carbonyl (C=O) groups is 1. The molecule has 24 heavy (non-hydrogen) atoms. The summed E-state index contributed by atoms with van der Waals surface area (Å²) in [6.07, 6.45) is 1.78. The zero-order valence-electron chi connectivity index (χ0n) is 13.7. The predicted molar refractivity (Wildman–Crippen MR) is 89.9 cm³/mol. The molecule has 0 fully saturated rings. The van der Waals surface area contributed by atoms with Crippen LogP contribution in [0.3, 0.4) is 0 Å². The van der Waals surface area contributed by atoms with Crippen molar-refractivity contribution in [2.24, 2.45) is 0 Å². The van der Waals surface area contributed by atoms with Gasteiger partial charge in [0.25, 0.3) is 0 Å². The number of methoxy groups -OCH3 is 2. The number of benzene rings is 2. The fourth-order valence-corrected chi connectivity index (χ4v) is 2.48. The second-order valence-electron chi connectivity index (χ2n) is 5.19. The zero-order valence-corrected chi connectivity index (χ0v) is 13.7. The normalized spacial score (nSPS) is 10.5. The molecule has 6 heteroatoms. The van der Waals surface area contributed by atoms with Crippen LogP contribution in [0.4, 0.5) is 0 Å². The molecule has 3 aromatic rings. The fraction of sp³-hybridized carbons (Fsp3) is 0.167. The Hall–Kier alpha value is -3.15. The van der Waals surface area contributed by atoms with Gasteiger partial charge in [-0.1, -0.05) is 17.3 Å². The van der Waals surface area contributed by atoms with Crippen LogP contribution in [0.2, 0.25) is 0 Å². The number of para-hydroxylation sites is 1. The highest BCUT2D eigenvalue weighted by molar-refractivity contribution is 5.97. The third-order valence-corrected chi connectivity index (χ3v) is 3.70. The molecule has 2 aromatic carbocycles. The van der Waals surface area contributed by atoms with Gasteiger partial charge in [-0.25, -0.2) is 4.68 Å². The molecular formula is C18H17N3O3. The highest BCUT2D eigenvalue weighted by Gasteiger charge is 2.13. The van der Waals surface area contributed by atoms with Gasteiger partial charge in [0.05, 0.1) is 26.1 Å². The molecule has 1 aromatic heterocycles. The predicted octanol–water partition coefficient (Wildman–Crippen LogP) is 3.15. The number of ketones is 1. The molecule has 0 aliphatic heterocycles. The fourth-order valence-electron chi connectivity index (χ4n) is 2.48. The lowest BCUT2D eigenvalue weighted by Gasteiger charge is -2.08. The summed E-state index contributed by atoms with van der Waals surface area (Å²) in [6, 6.07) is 12.8. The van der Waals surface area contributed by atoms with E-state index in [9.17, 15) is 4.79 Å². The lowest BCUT2D eigenvalue weighted by molar-refractivity contribution is 0.101. The molecule has 0 spiro atoms. The smallest absolute Gasteiger partial charge is 0.161 e. The summed E-state index contributed by atoms with van der Waals surface area (Å²) in [6.45, 7) is 1.53. The second-order valence-corrected chi connectivity index (χ2v) is 5.19. The largest absolute Gasteiger partial charge is 0.493 e. The van der Waals surface area contributed by atoms with Crippen molar-refractivity contribution >= 4 is 5.78 Å². The first kappa shape index (κ1) is 15.7. The van der Waals surface area contributed by atoms with Gasteiger partial charge in [-0.05, 0) is 37.3 Å². The quantitative estimate of drug-likeness (QED) is 0.675.